The number of hydrogen-bond acceptors (Lipinski definition) is 5. The van der Waals surface area contributed by atoms with Crippen LogP contribution in [-0.4, -0.2) is 37.8 Å². The molecule has 1 aliphatic rings. The molecule has 7 heteroatoms. The molecular weight excluding hydrogens is 386 g/mol. The first kappa shape index (κ1) is 18.1. The summed E-state index contributed by atoms with van der Waals surface area (Å²) in [6, 6.07) is 16.5. The topological polar surface area (TPSA) is 83.5 Å². The molecule has 0 radical (unpaired) electrons. The molecule has 0 atom stereocenters. The van der Waals surface area contributed by atoms with Gasteiger partial charge in [0.25, 0.3) is 0 Å². The fraction of sp³-hybridized carbons (Fsp3) is 0.208. The van der Waals surface area contributed by atoms with Gasteiger partial charge in [-0.2, -0.15) is 10.1 Å². The molecule has 1 aliphatic heterocycles. The number of anilines is 2. The van der Waals surface area contributed by atoms with Crippen molar-refractivity contribution in [3.05, 3.63) is 72.7 Å². The van der Waals surface area contributed by atoms with E-state index < -0.39 is 0 Å². The summed E-state index contributed by atoms with van der Waals surface area (Å²) < 4.78 is 2.12. The van der Waals surface area contributed by atoms with Gasteiger partial charge >= 0.3 is 0 Å². The molecule has 2 aromatic carbocycles. The molecule has 7 nitrogen and oxygen atoms in total. The van der Waals surface area contributed by atoms with Crippen LogP contribution in [0.3, 0.4) is 0 Å². The summed E-state index contributed by atoms with van der Waals surface area (Å²) in [5.74, 6) is 2.00. The number of rotatable bonds is 4. The lowest BCUT2D eigenvalue weighted by Gasteiger charge is -2.22. The molecule has 0 amide bonds. The second kappa shape index (κ2) is 7.52. The van der Waals surface area contributed by atoms with E-state index >= 15 is 0 Å². The highest BCUT2D eigenvalue weighted by atomic mass is 15.2. The second-order valence-electron chi connectivity index (χ2n) is 8.03. The number of H-pyrrole nitrogens is 1. The van der Waals surface area contributed by atoms with Crippen LogP contribution in [0.15, 0.2) is 67.1 Å². The van der Waals surface area contributed by atoms with Gasteiger partial charge in [0.1, 0.15) is 5.82 Å². The average molecular weight is 409 g/mol. The summed E-state index contributed by atoms with van der Waals surface area (Å²) in [7, 11) is 0. The molecule has 0 unspecified atom stereocenters. The Balaban J connectivity index is 1.38. The average Bonchev–Trinajstić information content (AvgIpc) is 3.44. The lowest BCUT2D eigenvalue weighted by Crippen LogP contribution is -2.26. The number of fused-ring (bicyclic) bond motifs is 2. The minimum absolute atomic E-state index is 0.565. The van der Waals surface area contributed by atoms with Crippen molar-refractivity contribution < 1.29 is 0 Å². The number of benzene rings is 2. The zero-order chi connectivity index (χ0) is 20.6. The Morgan fingerprint density at radius 1 is 1.03 bits per heavy atom. The lowest BCUT2D eigenvalue weighted by molar-refractivity contribution is 0.462. The standard InChI is InChI=1S/C24H23N7/c1-2-4-22-19(3-1)20(16-7-10-25-11-8-16)15-31(22)24-26-12-9-23(29-24)28-18-5-6-21-17(13-18)14-27-30-21/h1-6,9,12-16,25H,7-8,10-11H2,(H,27,30)(H,26,28,29). The van der Waals surface area contributed by atoms with E-state index in [1.807, 2.05) is 24.4 Å². The minimum Gasteiger partial charge on any atom is -0.340 e. The van der Waals surface area contributed by atoms with Crippen LogP contribution in [-0.2, 0) is 0 Å². The predicted molar refractivity (Wildman–Crippen MR) is 123 cm³/mol. The number of hydrogen-bond donors (Lipinski definition) is 3. The van der Waals surface area contributed by atoms with E-state index in [1.165, 1.54) is 10.9 Å². The molecule has 1 saturated heterocycles. The number of nitrogens with zero attached hydrogens (tertiary/aromatic N) is 4. The molecular formula is C24H23N7. The maximum absolute atomic E-state index is 4.82. The molecule has 4 heterocycles. The molecule has 0 saturated carbocycles. The highest BCUT2D eigenvalue weighted by Gasteiger charge is 2.21. The third-order valence-corrected chi connectivity index (χ3v) is 6.09. The molecule has 3 N–H and O–H groups in total. The van der Waals surface area contributed by atoms with Gasteiger partial charge in [-0.25, -0.2) is 4.98 Å². The highest BCUT2D eigenvalue weighted by Crippen LogP contribution is 2.34. The maximum Gasteiger partial charge on any atom is 0.236 e. The summed E-state index contributed by atoms with van der Waals surface area (Å²) in [5, 5.41) is 16.3. The number of aromatic nitrogens is 5. The Labute approximate surface area is 179 Å². The number of para-hydroxylation sites is 1. The van der Waals surface area contributed by atoms with Gasteiger partial charge in [-0.3, -0.25) is 9.67 Å². The normalized spacial score (nSPS) is 15.0. The highest BCUT2D eigenvalue weighted by molar-refractivity contribution is 5.86. The first-order valence-electron chi connectivity index (χ1n) is 10.7. The zero-order valence-corrected chi connectivity index (χ0v) is 17.0. The third kappa shape index (κ3) is 3.33. The summed E-state index contributed by atoms with van der Waals surface area (Å²) in [6.07, 6.45) is 8.18. The number of aromatic amines is 1. The quantitative estimate of drug-likeness (QED) is 0.407. The van der Waals surface area contributed by atoms with Gasteiger partial charge in [0.2, 0.25) is 5.95 Å². The fourth-order valence-electron chi connectivity index (χ4n) is 4.53. The number of nitrogens with one attached hydrogen (secondary N) is 3. The van der Waals surface area contributed by atoms with E-state index in [-0.39, 0.29) is 0 Å². The molecule has 31 heavy (non-hydrogen) atoms. The molecule has 1 fully saturated rings. The van der Waals surface area contributed by atoms with E-state index in [0.29, 0.717) is 11.9 Å². The van der Waals surface area contributed by atoms with Crippen molar-refractivity contribution in [3.8, 4) is 5.95 Å². The first-order chi connectivity index (χ1) is 15.3. The summed E-state index contributed by atoms with van der Waals surface area (Å²) in [5.41, 5.74) is 4.52. The Morgan fingerprint density at radius 2 is 1.94 bits per heavy atom. The van der Waals surface area contributed by atoms with Gasteiger partial charge in [-0.05, 0) is 67.7 Å². The smallest absolute Gasteiger partial charge is 0.236 e. The Hall–Kier alpha value is -3.71. The van der Waals surface area contributed by atoms with Crippen LogP contribution in [0.25, 0.3) is 27.8 Å². The largest absolute Gasteiger partial charge is 0.340 e. The zero-order valence-electron chi connectivity index (χ0n) is 17.0. The van der Waals surface area contributed by atoms with Crippen molar-refractivity contribution in [2.75, 3.05) is 18.4 Å². The van der Waals surface area contributed by atoms with E-state index in [9.17, 15) is 0 Å². The SMILES string of the molecule is c1ccc2c(c1)c(C1CCNCC1)cn2-c1nccc(Nc2ccc3[nH]ncc3c2)n1. The molecule has 0 aliphatic carbocycles. The van der Waals surface area contributed by atoms with Gasteiger partial charge < -0.3 is 10.6 Å². The van der Waals surface area contributed by atoms with Crippen LogP contribution in [0.4, 0.5) is 11.5 Å². The van der Waals surface area contributed by atoms with Gasteiger partial charge in [0, 0.05) is 28.9 Å². The monoisotopic (exact) mass is 409 g/mol. The van der Waals surface area contributed by atoms with Crippen LogP contribution < -0.4 is 10.6 Å². The lowest BCUT2D eigenvalue weighted by atomic mass is 9.90. The fourth-order valence-corrected chi connectivity index (χ4v) is 4.53. The van der Waals surface area contributed by atoms with E-state index in [2.05, 4.69) is 66.9 Å². The molecule has 0 spiro atoms. The van der Waals surface area contributed by atoms with E-state index in [1.54, 1.807) is 6.20 Å². The van der Waals surface area contributed by atoms with Crippen LogP contribution in [0, 0.1) is 0 Å². The Bertz CT molecular complexity index is 1360. The Morgan fingerprint density at radius 3 is 2.87 bits per heavy atom. The van der Waals surface area contributed by atoms with Crippen molar-refractivity contribution in [2.45, 2.75) is 18.8 Å². The molecule has 3 aromatic heterocycles. The summed E-state index contributed by atoms with van der Waals surface area (Å²) in [4.78, 5) is 9.41. The van der Waals surface area contributed by atoms with Crippen LogP contribution in [0.1, 0.15) is 24.3 Å². The molecule has 154 valence electrons. The van der Waals surface area contributed by atoms with Gasteiger partial charge in [0.15, 0.2) is 0 Å². The van der Waals surface area contributed by atoms with Crippen LogP contribution >= 0.6 is 0 Å². The molecule has 6 rings (SSSR count). The van der Waals surface area contributed by atoms with Crippen LogP contribution in [0.5, 0.6) is 0 Å². The van der Waals surface area contributed by atoms with Crippen LogP contribution in [0.2, 0.25) is 0 Å². The van der Waals surface area contributed by atoms with E-state index in [0.717, 1.165) is 53.9 Å². The van der Waals surface area contributed by atoms with Crippen molar-refractivity contribution in [1.29, 1.82) is 0 Å². The summed E-state index contributed by atoms with van der Waals surface area (Å²) in [6.45, 7) is 2.14. The van der Waals surface area contributed by atoms with Crippen molar-refractivity contribution in [2.24, 2.45) is 0 Å². The maximum atomic E-state index is 4.82. The molecule has 5 aromatic rings. The Kier molecular flexibility index (Phi) is 4.39. The predicted octanol–water partition coefficient (Wildman–Crippen LogP) is 4.51. The van der Waals surface area contributed by atoms with Gasteiger partial charge in [-0.15, -0.1) is 0 Å². The number of piperidine rings is 1. The second-order valence-corrected chi connectivity index (χ2v) is 8.03. The van der Waals surface area contributed by atoms with Crippen molar-refractivity contribution >= 4 is 33.3 Å². The van der Waals surface area contributed by atoms with Crippen molar-refractivity contribution in [1.82, 2.24) is 30.0 Å². The summed E-state index contributed by atoms with van der Waals surface area (Å²) >= 11 is 0. The van der Waals surface area contributed by atoms with Crippen molar-refractivity contribution in [3.63, 3.8) is 0 Å². The first-order valence-corrected chi connectivity index (χ1v) is 10.7. The molecule has 0 bridgehead atoms. The minimum atomic E-state index is 0.565. The van der Waals surface area contributed by atoms with Gasteiger partial charge in [0.05, 0.1) is 17.2 Å². The van der Waals surface area contributed by atoms with Gasteiger partial charge in [-0.1, -0.05) is 18.2 Å². The third-order valence-electron chi connectivity index (χ3n) is 6.09. The van der Waals surface area contributed by atoms with E-state index in [4.69, 9.17) is 4.98 Å².